The molecule has 0 atom stereocenters. The van der Waals surface area contributed by atoms with Crippen LogP contribution in [0.15, 0.2) is 11.6 Å². The number of nitrogens with zero attached hydrogens (tertiary/aromatic N) is 2. The van der Waals surface area contributed by atoms with Crippen LogP contribution in [0.4, 0.5) is 0 Å². The second-order valence-corrected chi connectivity index (χ2v) is 4.50. The van der Waals surface area contributed by atoms with Gasteiger partial charge in [-0.05, 0) is 13.3 Å². The summed E-state index contributed by atoms with van der Waals surface area (Å²) in [5.74, 6) is 0. The Hall–Kier alpha value is -0.580. The lowest BCUT2D eigenvalue weighted by Crippen LogP contribution is -1.95. The summed E-state index contributed by atoms with van der Waals surface area (Å²) >= 11 is 1.67. The predicted molar refractivity (Wildman–Crippen MR) is 69.6 cm³/mol. The van der Waals surface area contributed by atoms with Gasteiger partial charge in [-0.25, -0.2) is 4.98 Å². The zero-order valence-electron chi connectivity index (χ0n) is 9.60. The second kappa shape index (κ2) is 6.23. The first-order chi connectivity index (χ1) is 7.31. The van der Waals surface area contributed by atoms with Crippen LogP contribution in [0, 0.1) is 6.92 Å². The Morgan fingerprint density at radius 3 is 3.00 bits per heavy atom. The number of hydrogen-bond acceptors (Lipinski definition) is 3. The van der Waals surface area contributed by atoms with E-state index in [1.54, 1.807) is 11.3 Å². The summed E-state index contributed by atoms with van der Waals surface area (Å²) in [6.07, 6.45) is 4.37. The van der Waals surface area contributed by atoms with Gasteiger partial charge in [-0.3, -0.25) is 4.40 Å². The average Bonchev–Trinajstić information content (AvgIpc) is 2.76. The van der Waals surface area contributed by atoms with Crippen LogP contribution in [0.3, 0.4) is 0 Å². The molecule has 0 saturated heterocycles. The van der Waals surface area contributed by atoms with Crippen molar-refractivity contribution in [2.45, 2.75) is 33.3 Å². The van der Waals surface area contributed by atoms with Crippen molar-refractivity contribution in [1.82, 2.24) is 9.38 Å². The number of unbranched alkanes of at least 4 members (excludes halogenated alkanes) is 1. The zero-order chi connectivity index (χ0) is 10.7. The first-order valence-corrected chi connectivity index (χ1v) is 6.19. The molecule has 0 unspecified atom stereocenters. The molecule has 0 N–H and O–H groups in total. The highest BCUT2D eigenvalue weighted by molar-refractivity contribution is 7.15. The van der Waals surface area contributed by atoms with Gasteiger partial charge in [0.1, 0.15) is 0 Å². The Labute approximate surface area is 106 Å². The number of thiazole rings is 1. The van der Waals surface area contributed by atoms with E-state index in [1.807, 2.05) is 0 Å². The zero-order valence-corrected chi connectivity index (χ0v) is 11.2. The summed E-state index contributed by atoms with van der Waals surface area (Å²) in [5, 5.41) is 2.12. The molecule has 16 heavy (non-hydrogen) atoms. The van der Waals surface area contributed by atoms with Crippen molar-refractivity contribution in [2.75, 3.05) is 6.61 Å². The molecule has 3 nitrogen and oxygen atoms in total. The summed E-state index contributed by atoms with van der Waals surface area (Å²) in [5.41, 5.74) is 2.27. The van der Waals surface area contributed by atoms with Crippen LogP contribution in [-0.4, -0.2) is 16.0 Å². The molecular weight excluding hydrogens is 244 g/mol. The van der Waals surface area contributed by atoms with Gasteiger partial charge < -0.3 is 4.74 Å². The molecule has 2 aromatic rings. The minimum Gasteiger partial charge on any atom is -0.375 e. The van der Waals surface area contributed by atoms with Crippen LogP contribution in [0.1, 0.15) is 31.2 Å². The van der Waals surface area contributed by atoms with Gasteiger partial charge in [0.2, 0.25) is 0 Å². The van der Waals surface area contributed by atoms with Gasteiger partial charge in [0, 0.05) is 23.9 Å². The van der Waals surface area contributed by atoms with Gasteiger partial charge in [-0.1, -0.05) is 13.3 Å². The van der Waals surface area contributed by atoms with Crippen LogP contribution < -0.4 is 0 Å². The van der Waals surface area contributed by atoms with E-state index >= 15 is 0 Å². The summed E-state index contributed by atoms with van der Waals surface area (Å²) < 4.78 is 7.64. The lowest BCUT2D eigenvalue weighted by Gasteiger charge is -1.99. The van der Waals surface area contributed by atoms with Crippen molar-refractivity contribution in [3.63, 3.8) is 0 Å². The largest absolute Gasteiger partial charge is 0.375 e. The molecule has 0 aliphatic carbocycles. The number of aromatic nitrogens is 2. The van der Waals surface area contributed by atoms with E-state index in [0.29, 0.717) is 6.61 Å². The maximum absolute atomic E-state index is 5.53. The van der Waals surface area contributed by atoms with E-state index in [9.17, 15) is 0 Å². The van der Waals surface area contributed by atoms with Crippen LogP contribution in [0.2, 0.25) is 0 Å². The van der Waals surface area contributed by atoms with Crippen LogP contribution in [0.25, 0.3) is 4.96 Å². The van der Waals surface area contributed by atoms with Crippen molar-refractivity contribution in [3.05, 3.63) is 23.0 Å². The standard InChI is InChI=1S/C11H16N2OS.ClH/c1-3-4-5-14-7-10-6-13-9(2)8-15-11(13)12-10;/h6,8H,3-5,7H2,1-2H3;1H. The SMILES string of the molecule is CCCCOCc1cn2c(C)csc2n1.Cl. The normalized spacial score (nSPS) is 10.6. The molecule has 0 amide bonds. The molecule has 0 bridgehead atoms. The first-order valence-electron chi connectivity index (χ1n) is 5.31. The Morgan fingerprint density at radius 1 is 1.50 bits per heavy atom. The van der Waals surface area contributed by atoms with Gasteiger partial charge >= 0.3 is 0 Å². The van der Waals surface area contributed by atoms with E-state index in [2.05, 4.69) is 34.8 Å². The van der Waals surface area contributed by atoms with Gasteiger partial charge in [0.15, 0.2) is 4.96 Å². The Kier molecular flexibility index (Phi) is 5.25. The summed E-state index contributed by atoms with van der Waals surface area (Å²) in [7, 11) is 0. The maximum atomic E-state index is 5.53. The summed E-state index contributed by atoms with van der Waals surface area (Å²) in [6.45, 7) is 5.72. The van der Waals surface area contributed by atoms with Gasteiger partial charge in [-0.15, -0.1) is 23.7 Å². The molecule has 2 rings (SSSR count). The first kappa shape index (κ1) is 13.5. The molecule has 0 aliphatic rings. The van der Waals surface area contributed by atoms with E-state index in [4.69, 9.17) is 4.74 Å². The molecule has 2 aromatic heterocycles. The van der Waals surface area contributed by atoms with E-state index in [1.165, 1.54) is 12.1 Å². The average molecular weight is 261 g/mol. The molecule has 0 saturated carbocycles. The molecule has 0 spiro atoms. The van der Waals surface area contributed by atoms with Crippen molar-refractivity contribution in [1.29, 1.82) is 0 Å². The van der Waals surface area contributed by atoms with E-state index in [0.717, 1.165) is 23.7 Å². The fraction of sp³-hybridized carbons (Fsp3) is 0.545. The van der Waals surface area contributed by atoms with Crippen LogP contribution >= 0.6 is 23.7 Å². The van der Waals surface area contributed by atoms with Crippen molar-refractivity contribution in [3.8, 4) is 0 Å². The third-order valence-corrected chi connectivity index (χ3v) is 3.29. The number of hydrogen-bond donors (Lipinski definition) is 0. The number of aryl methyl sites for hydroxylation is 1. The summed E-state index contributed by atoms with van der Waals surface area (Å²) in [4.78, 5) is 5.54. The lowest BCUT2D eigenvalue weighted by molar-refractivity contribution is 0.116. The van der Waals surface area contributed by atoms with Gasteiger partial charge in [0.25, 0.3) is 0 Å². The highest BCUT2D eigenvalue weighted by Crippen LogP contribution is 2.16. The Balaban J connectivity index is 0.00000128. The smallest absolute Gasteiger partial charge is 0.194 e. The van der Waals surface area contributed by atoms with Crippen molar-refractivity contribution < 1.29 is 4.74 Å². The number of rotatable bonds is 5. The number of ether oxygens (including phenoxy) is 1. The minimum absolute atomic E-state index is 0. The van der Waals surface area contributed by atoms with Crippen molar-refractivity contribution >= 4 is 28.7 Å². The number of imidazole rings is 1. The van der Waals surface area contributed by atoms with Crippen molar-refractivity contribution in [2.24, 2.45) is 0 Å². The highest BCUT2D eigenvalue weighted by atomic mass is 35.5. The molecule has 2 heterocycles. The fourth-order valence-corrected chi connectivity index (χ4v) is 2.30. The fourth-order valence-electron chi connectivity index (χ4n) is 1.43. The Morgan fingerprint density at radius 2 is 2.31 bits per heavy atom. The Bertz CT molecular complexity index is 438. The molecule has 5 heteroatoms. The number of fused-ring (bicyclic) bond motifs is 1. The minimum atomic E-state index is 0. The predicted octanol–water partition coefficient (Wildman–Crippen LogP) is 3.44. The molecular formula is C11H17ClN2OS. The third kappa shape index (κ3) is 2.97. The molecule has 0 aliphatic heterocycles. The maximum Gasteiger partial charge on any atom is 0.194 e. The topological polar surface area (TPSA) is 26.5 Å². The molecule has 0 fully saturated rings. The molecule has 90 valence electrons. The van der Waals surface area contributed by atoms with Gasteiger partial charge in [0.05, 0.1) is 12.3 Å². The quantitative estimate of drug-likeness (QED) is 0.770. The third-order valence-electron chi connectivity index (χ3n) is 2.33. The van der Waals surface area contributed by atoms with Crippen LogP contribution in [-0.2, 0) is 11.3 Å². The summed E-state index contributed by atoms with van der Waals surface area (Å²) in [6, 6.07) is 0. The molecule has 0 aromatic carbocycles. The van der Waals surface area contributed by atoms with Gasteiger partial charge in [-0.2, -0.15) is 0 Å². The van der Waals surface area contributed by atoms with E-state index in [-0.39, 0.29) is 12.4 Å². The molecule has 0 radical (unpaired) electrons. The lowest BCUT2D eigenvalue weighted by atomic mass is 10.4. The highest BCUT2D eigenvalue weighted by Gasteiger charge is 2.04. The second-order valence-electron chi connectivity index (χ2n) is 3.67. The monoisotopic (exact) mass is 260 g/mol. The number of halogens is 1. The van der Waals surface area contributed by atoms with E-state index < -0.39 is 0 Å². The van der Waals surface area contributed by atoms with Crippen LogP contribution in [0.5, 0.6) is 0 Å².